The first-order valence-corrected chi connectivity index (χ1v) is 8.02. The maximum absolute atomic E-state index is 11.9. The molecule has 0 radical (unpaired) electrons. The quantitative estimate of drug-likeness (QED) is 0.844. The minimum absolute atomic E-state index is 0.0103. The van der Waals surface area contributed by atoms with E-state index in [1.54, 1.807) is 12.4 Å². The minimum Gasteiger partial charge on any atom is -0.489 e. The molecule has 1 aromatic heterocycles. The highest BCUT2D eigenvalue weighted by Gasteiger charge is 2.14. The Labute approximate surface area is 137 Å². The van der Waals surface area contributed by atoms with E-state index in [9.17, 15) is 4.79 Å². The van der Waals surface area contributed by atoms with Crippen LogP contribution < -0.4 is 10.1 Å². The third kappa shape index (κ3) is 5.09. The fraction of sp³-hybridized carbons (Fsp3) is 0.368. The topological polar surface area (TPSA) is 51.2 Å². The molecule has 23 heavy (non-hydrogen) atoms. The average molecular weight is 312 g/mol. The summed E-state index contributed by atoms with van der Waals surface area (Å²) in [6.07, 6.45) is 4.38. The van der Waals surface area contributed by atoms with Crippen molar-refractivity contribution in [2.24, 2.45) is 5.92 Å². The molecule has 1 amide bonds. The van der Waals surface area contributed by atoms with Crippen molar-refractivity contribution in [2.75, 3.05) is 0 Å². The minimum atomic E-state index is -0.0103. The van der Waals surface area contributed by atoms with Crippen LogP contribution in [0.4, 0.5) is 0 Å². The van der Waals surface area contributed by atoms with Gasteiger partial charge >= 0.3 is 0 Å². The van der Waals surface area contributed by atoms with E-state index in [0.717, 1.165) is 23.3 Å². The third-order valence-corrected chi connectivity index (χ3v) is 3.93. The van der Waals surface area contributed by atoms with Gasteiger partial charge in [-0.3, -0.25) is 9.78 Å². The van der Waals surface area contributed by atoms with Crippen molar-refractivity contribution < 1.29 is 9.53 Å². The van der Waals surface area contributed by atoms with Gasteiger partial charge in [-0.25, -0.2) is 0 Å². The monoisotopic (exact) mass is 312 g/mol. The Morgan fingerprint density at radius 2 is 1.96 bits per heavy atom. The van der Waals surface area contributed by atoms with E-state index in [4.69, 9.17) is 4.74 Å². The summed E-state index contributed by atoms with van der Waals surface area (Å²) in [7, 11) is 0. The zero-order valence-electron chi connectivity index (χ0n) is 14.0. The van der Waals surface area contributed by atoms with E-state index >= 15 is 0 Å². The van der Waals surface area contributed by atoms with E-state index < -0.39 is 0 Å². The highest BCUT2D eigenvalue weighted by molar-refractivity contribution is 5.78. The Balaban J connectivity index is 1.90. The second-order valence-electron chi connectivity index (χ2n) is 5.76. The van der Waals surface area contributed by atoms with Gasteiger partial charge in [0, 0.05) is 23.9 Å². The van der Waals surface area contributed by atoms with E-state index in [2.05, 4.69) is 10.3 Å². The first kappa shape index (κ1) is 17.0. The van der Waals surface area contributed by atoms with Crippen molar-refractivity contribution in [3.63, 3.8) is 0 Å². The summed E-state index contributed by atoms with van der Waals surface area (Å²) in [5.41, 5.74) is 2.10. The number of pyridine rings is 1. The molecule has 0 fully saturated rings. The summed E-state index contributed by atoms with van der Waals surface area (Å²) < 4.78 is 5.74. The van der Waals surface area contributed by atoms with Crippen LogP contribution >= 0.6 is 0 Å². The smallest absolute Gasteiger partial charge is 0.223 e. The lowest BCUT2D eigenvalue weighted by molar-refractivity contribution is -0.125. The highest BCUT2D eigenvalue weighted by Crippen LogP contribution is 2.19. The van der Waals surface area contributed by atoms with Crippen molar-refractivity contribution in [3.05, 3.63) is 59.9 Å². The molecule has 0 aliphatic rings. The molecule has 2 rings (SSSR count). The number of hydrogen-bond donors (Lipinski definition) is 1. The fourth-order valence-corrected chi connectivity index (χ4v) is 2.13. The Hall–Kier alpha value is -2.36. The SMILES string of the molecule is CC[C@@H](C)C(=O)N[C@@H](C)c1ccc(OCc2cccnc2)cc1. The van der Waals surface area contributed by atoms with Crippen molar-refractivity contribution in [1.29, 1.82) is 0 Å². The number of nitrogens with one attached hydrogen (secondary N) is 1. The van der Waals surface area contributed by atoms with Crippen molar-refractivity contribution >= 4 is 5.91 Å². The van der Waals surface area contributed by atoms with Crippen LogP contribution in [0.15, 0.2) is 48.8 Å². The molecule has 4 nitrogen and oxygen atoms in total. The van der Waals surface area contributed by atoms with E-state index in [1.807, 2.05) is 57.2 Å². The van der Waals surface area contributed by atoms with Crippen LogP contribution in [0.2, 0.25) is 0 Å². The van der Waals surface area contributed by atoms with Crippen molar-refractivity contribution in [2.45, 2.75) is 39.8 Å². The molecule has 0 bridgehead atoms. The van der Waals surface area contributed by atoms with Crippen LogP contribution in [0.5, 0.6) is 5.75 Å². The number of amides is 1. The zero-order chi connectivity index (χ0) is 16.7. The molecule has 2 aromatic rings. The Kier molecular flexibility index (Phi) is 6.15. The lowest BCUT2D eigenvalue weighted by Crippen LogP contribution is -2.31. The number of aromatic nitrogens is 1. The van der Waals surface area contributed by atoms with Gasteiger partial charge in [0.15, 0.2) is 0 Å². The van der Waals surface area contributed by atoms with E-state index in [1.165, 1.54) is 0 Å². The summed E-state index contributed by atoms with van der Waals surface area (Å²) >= 11 is 0. The normalized spacial score (nSPS) is 13.2. The van der Waals surface area contributed by atoms with Crippen LogP contribution in [-0.4, -0.2) is 10.9 Å². The molecule has 0 aliphatic heterocycles. The van der Waals surface area contributed by atoms with E-state index in [-0.39, 0.29) is 17.9 Å². The molecular weight excluding hydrogens is 288 g/mol. The van der Waals surface area contributed by atoms with Crippen LogP contribution in [-0.2, 0) is 11.4 Å². The van der Waals surface area contributed by atoms with Crippen LogP contribution in [0.25, 0.3) is 0 Å². The lowest BCUT2D eigenvalue weighted by atomic mass is 10.1. The lowest BCUT2D eigenvalue weighted by Gasteiger charge is -2.17. The Morgan fingerprint density at radius 3 is 2.57 bits per heavy atom. The molecule has 1 N–H and O–H groups in total. The van der Waals surface area contributed by atoms with Crippen LogP contribution in [0.3, 0.4) is 0 Å². The predicted octanol–water partition coefficient (Wildman–Crippen LogP) is 3.88. The molecule has 0 saturated heterocycles. The van der Waals surface area contributed by atoms with Crippen molar-refractivity contribution in [1.82, 2.24) is 10.3 Å². The first-order chi connectivity index (χ1) is 11.1. The zero-order valence-corrected chi connectivity index (χ0v) is 14.0. The first-order valence-electron chi connectivity index (χ1n) is 8.02. The van der Waals surface area contributed by atoms with Gasteiger partial charge in [-0.2, -0.15) is 0 Å². The number of hydrogen-bond acceptors (Lipinski definition) is 3. The molecule has 1 aromatic carbocycles. The largest absolute Gasteiger partial charge is 0.489 e. The standard InChI is InChI=1S/C19H24N2O2/c1-4-14(2)19(22)21-15(3)17-7-9-18(10-8-17)23-13-16-6-5-11-20-12-16/h5-12,14-15H,4,13H2,1-3H3,(H,21,22)/t14-,15+/m1/s1. The van der Waals surface area contributed by atoms with Gasteiger partial charge in [0.25, 0.3) is 0 Å². The number of ether oxygens (including phenoxy) is 1. The number of carbonyl (C=O) groups excluding carboxylic acids is 1. The molecule has 4 heteroatoms. The molecule has 1 heterocycles. The van der Waals surface area contributed by atoms with Crippen LogP contribution in [0.1, 0.15) is 44.4 Å². The summed E-state index contributed by atoms with van der Waals surface area (Å²) in [6, 6.07) is 11.7. The summed E-state index contributed by atoms with van der Waals surface area (Å²) in [5, 5.41) is 3.04. The molecular formula is C19H24N2O2. The second-order valence-corrected chi connectivity index (χ2v) is 5.76. The summed E-state index contributed by atoms with van der Waals surface area (Å²) in [5.74, 6) is 0.939. The van der Waals surface area contributed by atoms with Gasteiger partial charge in [-0.15, -0.1) is 0 Å². The number of rotatable bonds is 7. The molecule has 0 spiro atoms. The van der Waals surface area contributed by atoms with Crippen molar-refractivity contribution in [3.8, 4) is 5.75 Å². The molecule has 0 unspecified atom stereocenters. The van der Waals surface area contributed by atoms with Gasteiger partial charge < -0.3 is 10.1 Å². The maximum Gasteiger partial charge on any atom is 0.223 e. The summed E-state index contributed by atoms with van der Waals surface area (Å²) in [6.45, 7) is 6.44. The number of nitrogens with zero attached hydrogens (tertiary/aromatic N) is 1. The van der Waals surface area contributed by atoms with Gasteiger partial charge in [0.1, 0.15) is 12.4 Å². The third-order valence-electron chi connectivity index (χ3n) is 3.93. The highest BCUT2D eigenvalue weighted by atomic mass is 16.5. The number of benzene rings is 1. The second kappa shape index (κ2) is 8.32. The number of carbonyl (C=O) groups is 1. The van der Waals surface area contributed by atoms with Crippen LogP contribution in [0, 0.1) is 5.92 Å². The molecule has 0 saturated carbocycles. The van der Waals surface area contributed by atoms with Gasteiger partial charge in [0.05, 0.1) is 6.04 Å². The Morgan fingerprint density at radius 1 is 1.22 bits per heavy atom. The summed E-state index contributed by atoms with van der Waals surface area (Å²) in [4.78, 5) is 16.0. The Bertz CT molecular complexity index is 611. The predicted molar refractivity (Wildman–Crippen MR) is 91.0 cm³/mol. The van der Waals surface area contributed by atoms with Gasteiger partial charge in [0.2, 0.25) is 5.91 Å². The average Bonchev–Trinajstić information content (AvgIpc) is 2.60. The van der Waals surface area contributed by atoms with Gasteiger partial charge in [-0.1, -0.05) is 32.0 Å². The molecule has 122 valence electrons. The molecule has 2 atom stereocenters. The van der Waals surface area contributed by atoms with Gasteiger partial charge in [-0.05, 0) is 37.1 Å². The maximum atomic E-state index is 11.9. The molecule has 0 aliphatic carbocycles. The van der Waals surface area contributed by atoms with E-state index in [0.29, 0.717) is 6.61 Å². The fourth-order valence-electron chi connectivity index (χ4n) is 2.13.